The van der Waals surface area contributed by atoms with Gasteiger partial charge in [-0.05, 0) is 15.9 Å². The van der Waals surface area contributed by atoms with Crippen LogP contribution in [-0.4, -0.2) is 39.9 Å². The van der Waals surface area contributed by atoms with Crippen LogP contribution in [-0.2, 0) is 6.54 Å². The van der Waals surface area contributed by atoms with Gasteiger partial charge < -0.3 is 9.64 Å². The van der Waals surface area contributed by atoms with Crippen LogP contribution in [0.25, 0.3) is 0 Å². The molecule has 2 aromatic heterocycles. The van der Waals surface area contributed by atoms with Gasteiger partial charge in [0.05, 0.1) is 17.8 Å². The molecule has 0 saturated carbocycles. The molecule has 6 nitrogen and oxygen atoms in total. The first-order valence-corrected chi connectivity index (χ1v) is 6.83. The molecule has 1 aliphatic rings. The average Bonchev–Trinajstić information content (AvgIpc) is 2.79. The van der Waals surface area contributed by atoms with E-state index >= 15 is 0 Å². The van der Waals surface area contributed by atoms with Crippen LogP contribution in [0.3, 0.4) is 0 Å². The molecule has 2 aromatic rings. The highest BCUT2D eigenvalue weighted by atomic mass is 79.9. The summed E-state index contributed by atoms with van der Waals surface area (Å²) in [5, 5.41) is 4.27. The van der Waals surface area contributed by atoms with E-state index in [0.29, 0.717) is 11.8 Å². The summed E-state index contributed by atoms with van der Waals surface area (Å²) in [6.45, 7) is 2.90. The maximum absolute atomic E-state index is 5.10. The lowest BCUT2D eigenvalue weighted by molar-refractivity contribution is 0.339. The summed E-state index contributed by atoms with van der Waals surface area (Å²) in [7, 11) is 1.61. The third kappa shape index (κ3) is 2.70. The SMILES string of the molecule is COc1cc(N2CC(Cn3cc(Br)cn3)C2)ncn1. The molecular formula is C12H14BrN5O. The zero-order valence-corrected chi connectivity index (χ0v) is 12.1. The third-order valence-corrected chi connectivity index (χ3v) is 3.57. The van der Waals surface area contributed by atoms with Gasteiger partial charge in [0.25, 0.3) is 0 Å². The van der Waals surface area contributed by atoms with Gasteiger partial charge in [-0.2, -0.15) is 5.10 Å². The predicted molar refractivity (Wildman–Crippen MR) is 74.2 cm³/mol. The van der Waals surface area contributed by atoms with Crippen molar-refractivity contribution in [1.29, 1.82) is 0 Å². The fourth-order valence-corrected chi connectivity index (χ4v) is 2.52. The fourth-order valence-electron chi connectivity index (χ4n) is 2.19. The van der Waals surface area contributed by atoms with Crippen LogP contribution in [0.4, 0.5) is 5.82 Å². The van der Waals surface area contributed by atoms with E-state index in [2.05, 4.69) is 35.9 Å². The Morgan fingerprint density at radius 2 is 2.26 bits per heavy atom. The zero-order valence-electron chi connectivity index (χ0n) is 10.5. The van der Waals surface area contributed by atoms with Gasteiger partial charge in [0, 0.05) is 37.8 Å². The van der Waals surface area contributed by atoms with E-state index in [0.717, 1.165) is 29.9 Å². The molecule has 0 unspecified atom stereocenters. The van der Waals surface area contributed by atoms with Gasteiger partial charge in [0.15, 0.2) is 0 Å². The summed E-state index contributed by atoms with van der Waals surface area (Å²) in [5.41, 5.74) is 0. The number of aromatic nitrogens is 4. The Hall–Kier alpha value is -1.63. The van der Waals surface area contributed by atoms with Crippen molar-refractivity contribution in [3.05, 3.63) is 29.3 Å². The lowest BCUT2D eigenvalue weighted by atomic mass is 10.0. The molecule has 3 heterocycles. The highest BCUT2D eigenvalue weighted by Gasteiger charge is 2.28. The maximum Gasteiger partial charge on any atom is 0.218 e. The van der Waals surface area contributed by atoms with Crippen molar-refractivity contribution in [1.82, 2.24) is 19.7 Å². The number of hydrogen-bond donors (Lipinski definition) is 0. The van der Waals surface area contributed by atoms with Gasteiger partial charge >= 0.3 is 0 Å². The molecule has 0 N–H and O–H groups in total. The minimum atomic E-state index is 0.601. The highest BCUT2D eigenvalue weighted by Crippen LogP contribution is 2.25. The van der Waals surface area contributed by atoms with E-state index in [-0.39, 0.29) is 0 Å². The van der Waals surface area contributed by atoms with E-state index in [9.17, 15) is 0 Å². The van der Waals surface area contributed by atoms with E-state index in [1.54, 1.807) is 7.11 Å². The topological polar surface area (TPSA) is 56.1 Å². The van der Waals surface area contributed by atoms with Gasteiger partial charge in [-0.3, -0.25) is 4.68 Å². The number of nitrogens with zero attached hydrogens (tertiary/aromatic N) is 5. The minimum Gasteiger partial charge on any atom is -0.481 e. The van der Waals surface area contributed by atoms with Crippen LogP contribution in [0.5, 0.6) is 5.88 Å². The Morgan fingerprint density at radius 1 is 1.42 bits per heavy atom. The lowest BCUT2D eigenvalue weighted by Gasteiger charge is -2.40. The molecule has 7 heteroatoms. The van der Waals surface area contributed by atoms with Crippen molar-refractivity contribution >= 4 is 21.7 Å². The van der Waals surface area contributed by atoms with Gasteiger partial charge in [-0.1, -0.05) is 0 Å². The quantitative estimate of drug-likeness (QED) is 0.855. The molecule has 0 aromatic carbocycles. The number of rotatable bonds is 4. The van der Waals surface area contributed by atoms with Gasteiger partial charge in [0.2, 0.25) is 5.88 Å². The van der Waals surface area contributed by atoms with Crippen molar-refractivity contribution in [2.24, 2.45) is 5.92 Å². The number of ether oxygens (including phenoxy) is 1. The van der Waals surface area contributed by atoms with Gasteiger partial charge in [-0.25, -0.2) is 9.97 Å². The van der Waals surface area contributed by atoms with Crippen LogP contribution in [0.15, 0.2) is 29.3 Å². The van der Waals surface area contributed by atoms with Crippen LogP contribution in [0, 0.1) is 5.92 Å². The predicted octanol–water partition coefficient (Wildman–Crippen LogP) is 1.58. The van der Waals surface area contributed by atoms with Crippen LogP contribution < -0.4 is 9.64 Å². The number of anilines is 1. The minimum absolute atomic E-state index is 0.601. The molecule has 1 aliphatic heterocycles. The van der Waals surface area contributed by atoms with Crippen molar-refractivity contribution in [3.63, 3.8) is 0 Å². The van der Waals surface area contributed by atoms with Crippen molar-refractivity contribution in [2.45, 2.75) is 6.54 Å². The van der Waals surface area contributed by atoms with Crippen molar-refractivity contribution in [3.8, 4) is 5.88 Å². The fraction of sp³-hybridized carbons (Fsp3) is 0.417. The number of halogens is 1. The largest absolute Gasteiger partial charge is 0.481 e. The first-order chi connectivity index (χ1) is 9.24. The normalized spacial score (nSPS) is 15.4. The summed E-state index contributed by atoms with van der Waals surface area (Å²) in [6, 6.07) is 1.86. The summed E-state index contributed by atoms with van der Waals surface area (Å²) in [5.74, 6) is 2.13. The molecule has 1 fully saturated rings. The molecule has 0 spiro atoms. The van der Waals surface area contributed by atoms with Crippen LogP contribution >= 0.6 is 15.9 Å². The molecule has 19 heavy (non-hydrogen) atoms. The molecule has 3 rings (SSSR count). The van der Waals surface area contributed by atoms with Crippen molar-refractivity contribution < 1.29 is 4.74 Å². The van der Waals surface area contributed by atoms with Crippen molar-refractivity contribution in [2.75, 3.05) is 25.1 Å². The average molecular weight is 324 g/mol. The third-order valence-electron chi connectivity index (χ3n) is 3.16. The Bertz CT molecular complexity index is 567. The first-order valence-electron chi connectivity index (χ1n) is 6.03. The molecule has 0 radical (unpaired) electrons. The van der Waals surface area contributed by atoms with E-state index < -0.39 is 0 Å². The monoisotopic (exact) mass is 323 g/mol. The van der Waals surface area contributed by atoms with Gasteiger partial charge in [-0.15, -0.1) is 0 Å². The zero-order chi connectivity index (χ0) is 13.2. The van der Waals surface area contributed by atoms with Crippen LogP contribution in [0.2, 0.25) is 0 Å². The number of hydrogen-bond acceptors (Lipinski definition) is 5. The molecule has 0 bridgehead atoms. The first kappa shape index (κ1) is 12.4. The van der Waals surface area contributed by atoms with E-state index in [4.69, 9.17) is 4.74 Å². The second-order valence-corrected chi connectivity index (χ2v) is 5.49. The molecule has 0 atom stereocenters. The molecule has 100 valence electrons. The molecular weight excluding hydrogens is 310 g/mol. The Kier molecular flexibility index (Phi) is 3.37. The molecule has 0 amide bonds. The van der Waals surface area contributed by atoms with Gasteiger partial charge in [0.1, 0.15) is 12.1 Å². The van der Waals surface area contributed by atoms with Crippen LogP contribution in [0.1, 0.15) is 0 Å². The second kappa shape index (κ2) is 5.16. The smallest absolute Gasteiger partial charge is 0.218 e. The molecule has 0 aliphatic carbocycles. The summed E-state index contributed by atoms with van der Waals surface area (Å²) >= 11 is 3.40. The Morgan fingerprint density at radius 3 is 2.95 bits per heavy atom. The Labute approximate surface area is 119 Å². The van der Waals surface area contributed by atoms with E-state index in [1.165, 1.54) is 6.33 Å². The summed E-state index contributed by atoms with van der Waals surface area (Å²) in [4.78, 5) is 10.5. The number of methoxy groups -OCH3 is 1. The summed E-state index contributed by atoms with van der Waals surface area (Å²) < 4.78 is 8.08. The highest BCUT2D eigenvalue weighted by molar-refractivity contribution is 9.10. The van der Waals surface area contributed by atoms with E-state index in [1.807, 2.05) is 23.1 Å². The Balaban J connectivity index is 1.57. The molecule has 1 saturated heterocycles. The lowest BCUT2D eigenvalue weighted by Crippen LogP contribution is -2.49. The maximum atomic E-state index is 5.10. The standard InChI is InChI=1S/C12H14BrN5O/c1-19-12-2-11(14-8-15-12)17-4-9(5-17)6-18-7-10(13)3-16-18/h2-3,7-9H,4-6H2,1H3. The second-order valence-electron chi connectivity index (χ2n) is 4.57. The summed E-state index contributed by atoms with van der Waals surface area (Å²) in [6.07, 6.45) is 5.34.